The minimum absolute atomic E-state index is 0.122. The van der Waals surface area contributed by atoms with Crippen LogP contribution >= 0.6 is 0 Å². The molecular formula is C16H21NO5. The number of rotatable bonds is 8. The van der Waals surface area contributed by atoms with Gasteiger partial charge in [0.1, 0.15) is 0 Å². The van der Waals surface area contributed by atoms with Gasteiger partial charge in [-0.15, -0.1) is 0 Å². The zero-order valence-corrected chi connectivity index (χ0v) is 12.8. The second kappa shape index (κ2) is 7.15. The monoisotopic (exact) mass is 307 g/mol. The van der Waals surface area contributed by atoms with E-state index in [1.54, 1.807) is 30.0 Å². The second-order valence-corrected chi connectivity index (χ2v) is 5.46. The SMILES string of the molecule is COc1ccccc1OCC(=O)N(CC(C)C(=O)O)C1CC1. The zero-order chi connectivity index (χ0) is 16.1. The molecule has 1 aliphatic carbocycles. The Kier molecular flexibility index (Phi) is 5.25. The van der Waals surface area contributed by atoms with E-state index < -0.39 is 11.9 Å². The molecule has 0 aliphatic heterocycles. The van der Waals surface area contributed by atoms with Gasteiger partial charge in [-0.25, -0.2) is 0 Å². The first kappa shape index (κ1) is 16.1. The molecule has 0 spiro atoms. The molecule has 22 heavy (non-hydrogen) atoms. The normalized spacial score (nSPS) is 15.0. The molecule has 1 amide bonds. The summed E-state index contributed by atoms with van der Waals surface area (Å²) < 4.78 is 10.7. The summed E-state index contributed by atoms with van der Waals surface area (Å²) in [5, 5.41) is 9.01. The first-order chi connectivity index (χ1) is 10.5. The maximum Gasteiger partial charge on any atom is 0.308 e. The molecule has 0 radical (unpaired) electrons. The number of aliphatic carboxylic acids is 1. The molecular weight excluding hydrogens is 286 g/mol. The van der Waals surface area contributed by atoms with Crippen LogP contribution in [0.15, 0.2) is 24.3 Å². The molecule has 0 heterocycles. The maximum atomic E-state index is 12.3. The van der Waals surface area contributed by atoms with Gasteiger partial charge in [0.15, 0.2) is 18.1 Å². The average Bonchev–Trinajstić information content (AvgIpc) is 3.34. The van der Waals surface area contributed by atoms with Crippen molar-refractivity contribution in [1.29, 1.82) is 0 Å². The van der Waals surface area contributed by atoms with Crippen LogP contribution in [-0.2, 0) is 9.59 Å². The molecule has 120 valence electrons. The molecule has 6 heteroatoms. The average molecular weight is 307 g/mol. The first-order valence-electron chi connectivity index (χ1n) is 7.31. The van der Waals surface area contributed by atoms with Gasteiger partial charge in [-0.05, 0) is 25.0 Å². The lowest BCUT2D eigenvalue weighted by Crippen LogP contribution is -2.41. The predicted octanol–water partition coefficient (Wildman–Crippen LogP) is 1.79. The Balaban J connectivity index is 1.95. The van der Waals surface area contributed by atoms with Gasteiger partial charge in [0.25, 0.3) is 5.91 Å². The third-order valence-electron chi connectivity index (χ3n) is 3.62. The van der Waals surface area contributed by atoms with E-state index in [4.69, 9.17) is 14.6 Å². The second-order valence-electron chi connectivity index (χ2n) is 5.46. The Labute approximate surface area is 129 Å². The van der Waals surface area contributed by atoms with Crippen molar-refractivity contribution in [3.05, 3.63) is 24.3 Å². The highest BCUT2D eigenvalue weighted by atomic mass is 16.5. The van der Waals surface area contributed by atoms with E-state index in [1.807, 2.05) is 6.07 Å². The summed E-state index contributed by atoms with van der Waals surface area (Å²) in [6.45, 7) is 1.70. The number of hydrogen-bond acceptors (Lipinski definition) is 4. The molecule has 1 fully saturated rings. The van der Waals surface area contributed by atoms with Gasteiger partial charge in [-0.2, -0.15) is 0 Å². The molecule has 1 atom stereocenters. The number of carbonyl (C=O) groups excluding carboxylic acids is 1. The van der Waals surface area contributed by atoms with Crippen LogP contribution in [0.1, 0.15) is 19.8 Å². The van der Waals surface area contributed by atoms with E-state index in [1.165, 1.54) is 7.11 Å². The number of benzene rings is 1. The molecule has 1 aromatic rings. The Bertz CT molecular complexity index is 541. The minimum Gasteiger partial charge on any atom is -0.493 e. The van der Waals surface area contributed by atoms with Crippen LogP contribution in [0.5, 0.6) is 11.5 Å². The number of ether oxygens (including phenoxy) is 2. The van der Waals surface area contributed by atoms with Crippen LogP contribution in [0.3, 0.4) is 0 Å². The lowest BCUT2D eigenvalue weighted by Gasteiger charge is -2.24. The van der Waals surface area contributed by atoms with Gasteiger partial charge in [0.2, 0.25) is 0 Å². The van der Waals surface area contributed by atoms with E-state index in [-0.39, 0.29) is 25.1 Å². The molecule has 2 rings (SSSR count). The number of methoxy groups -OCH3 is 1. The van der Waals surface area contributed by atoms with Gasteiger partial charge >= 0.3 is 5.97 Å². The zero-order valence-electron chi connectivity index (χ0n) is 12.8. The molecule has 1 saturated carbocycles. The van der Waals surface area contributed by atoms with Crippen molar-refractivity contribution in [3.63, 3.8) is 0 Å². The minimum atomic E-state index is -0.899. The van der Waals surface area contributed by atoms with Crippen molar-refractivity contribution in [1.82, 2.24) is 4.90 Å². The largest absolute Gasteiger partial charge is 0.493 e. The number of hydrogen-bond donors (Lipinski definition) is 1. The molecule has 1 unspecified atom stereocenters. The number of carboxylic acid groups (broad SMARTS) is 1. The standard InChI is InChI=1S/C16H21NO5/c1-11(16(19)20)9-17(12-7-8-12)15(18)10-22-14-6-4-3-5-13(14)21-2/h3-6,11-12H,7-10H2,1-2H3,(H,19,20). The van der Waals surface area contributed by atoms with Crippen LogP contribution in [0.4, 0.5) is 0 Å². The van der Waals surface area contributed by atoms with Crippen LogP contribution < -0.4 is 9.47 Å². The van der Waals surface area contributed by atoms with Gasteiger partial charge in [0.05, 0.1) is 13.0 Å². The molecule has 0 saturated heterocycles. The van der Waals surface area contributed by atoms with Gasteiger partial charge < -0.3 is 19.5 Å². The summed E-state index contributed by atoms with van der Waals surface area (Å²) >= 11 is 0. The van der Waals surface area contributed by atoms with Crippen molar-refractivity contribution >= 4 is 11.9 Å². The summed E-state index contributed by atoms with van der Waals surface area (Å²) in [6, 6.07) is 7.25. The summed E-state index contributed by atoms with van der Waals surface area (Å²) in [5.74, 6) is -0.617. The van der Waals surface area contributed by atoms with E-state index in [0.29, 0.717) is 11.5 Å². The predicted molar refractivity (Wildman–Crippen MR) is 80.0 cm³/mol. The summed E-state index contributed by atoms with van der Waals surface area (Å²) in [6.07, 6.45) is 1.85. The van der Waals surface area contributed by atoms with Gasteiger partial charge in [-0.3, -0.25) is 9.59 Å². The molecule has 0 aromatic heterocycles. The number of para-hydroxylation sites is 2. The molecule has 1 N–H and O–H groups in total. The Hall–Kier alpha value is -2.24. The summed E-state index contributed by atoms with van der Waals surface area (Å²) in [4.78, 5) is 24.9. The third kappa shape index (κ3) is 4.13. The van der Waals surface area contributed by atoms with E-state index in [2.05, 4.69) is 0 Å². The molecule has 0 bridgehead atoms. The number of amides is 1. The van der Waals surface area contributed by atoms with Crippen LogP contribution in [0.2, 0.25) is 0 Å². The topological polar surface area (TPSA) is 76.1 Å². The number of carboxylic acids is 1. The highest BCUT2D eigenvalue weighted by Gasteiger charge is 2.34. The Morgan fingerprint density at radius 1 is 1.32 bits per heavy atom. The lowest BCUT2D eigenvalue weighted by atomic mass is 10.1. The van der Waals surface area contributed by atoms with Crippen LogP contribution in [0.25, 0.3) is 0 Å². The number of nitrogens with zero attached hydrogens (tertiary/aromatic N) is 1. The summed E-state index contributed by atoms with van der Waals surface area (Å²) in [7, 11) is 1.54. The van der Waals surface area contributed by atoms with Crippen molar-refractivity contribution in [2.45, 2.75) is 25.8 Å². The highest BCUT2D eigenvalue weighted by Crippen LogP contribution is 2.29. The fourth-order valence-electron chi connectivity index (χ4n) is 2.17. The summed E-state index contributed by atoms with van der Waals surface area (Å²) in [5.41, 5.74) is 0. The Morgan fingerprint density at radius 3 is 2.50 bits per heavy atom. The maximum absolute atomic E-state index is 12.3. The van der Waals surface area contributed by atoms with Crippen molar-refractivity contribution in [2.75, 3.05) is 20.3 Å². The Morgan fingerprint density at radius 2 is 1.95 bits per heavy atom. The van der Waals surface area contributed by atoms with Crippen molar-refractivity contribution < 1.29 is 24.2 Å². The molecule has 1 aromatic carbocycles. The lowest BCUT2D eigenvalue weighted by molar-refractivity contribution is -0.143. The first-order valence-corrected chi connectivity index (χ1v) is 7.31. The van der Waals surface area contributed by atoms with Crippen molar-refractivity contribution in [3.8, 4) is 11.5 Å². The third-order valence-corrected chi connectivity index (χ3v) is 3.62. The molecule has 6 nitrogen and oxygen atoms in total. The van der Waals surface area contributed by atoms with Gasteiger partial charge in [-0.1, -0.05) is 19.1 Å². The van der Waals surface area contributed by atoms with E-state index >= 15 is 0 Å². The molecule has 1 aliphatic rings. The van der Waals surface area contributed by atoms with Crippen LogP contribution in [-0.4, -0.2) is 48.2 Å². The fourth-order valence-corrected chi connectivity index (χ4v) is 2.17. The fraction of sp³-hybridized carbons (Fsp3) is 0.500. The highest BCUT2D eigenvalue weighted by molar-refractivity contribution is 5.79. The van der Waals surface area contributed by atoms with Crippen molar-refractivity contribution in [2.24, 2.45) is 5.92 Å². The van der Waals surface area contributed by atoms with E-state index in [9.17, 15) is 9.59 Å². The number of carbonyl (C=O) groups is 2. The quantitative estimate of drug-likeness (QED) is 0.792. The van der Waals surface area contributed by atoms with Gasteiger partial charge in [0, 0.05) is 12.6 Å². The smallest absolute Gasteiger partial charge is 0.308 e. The van der Waals surface area contributed by atoms with Crippen LogP contribution in [0, 0.1) is 5.92 Å². The van der Waals surface area contributed by atoms with E-state index in [0.717, 1.165) is 12.8 Å².